The molecule has 0 aliphatic carbocycles. The van der Waals surface area contributed by atoms with Crippen molar-refractivity contribution in [1.82, 2.24) is 5.43 Å². The van der Waals surface area contributed by atoms with Crippen LogP contribution in [0.15, 0.2) is 23.1 Å². The van der Waals surface area contributed by atoms with Crippen molar-refractivity contribution in [3.05, 3.63) is 23.8 Å². The Kier molecular flexibility index (Phi) is 15.4. The van der Waals surface area contributed by atoms with Crippen LogP contribution in [0.25, 0.3) is 0 Å². The predicted octanol–water partition coefficient (Wildman–Crippen LogP) is 5.07. The molecule has 2 N–H and O–H groups in total. The Morgan fingerprint density at radius 1 is 0.892 bits per heavy atom. The molecule has 0 bridgehead atoms. The largest absolute Gasteiger partial charge is 0.465 e. The number of carbonyl (C=O) groups is 2. The van der Waals surface area contributed by atoms with Gasteiger partial charge >= 0.3 is 11.9 Å². The normalized spacial score (nSPS) is 11.7. The predicted molar refractivity (Wildman–Crippen MR) is 145 cm³/mol. The van der Waals surface area contributed by atoms with E-state index in [1.165, 1.54) is 6.07 Å². The minimum Gasteiger partial charge on any atom is -0.465 e. The lowest BCUT2D eigenvalue weighted by molar-refractivity contribution is -0.145. The summed E-state index contributed by atoms with van der Waals surface area (Å²) in [7, 11) is -4.41. The fourth-order valence-corrected chi connectivity index (χ4v) is 4.18. The third-order valence-electron chi connectivity index (χ3n) is 5.46. The average molecular weight is 543 g/mol. The summed E-state index contributed by atoms with van der Waals surface area (Å²) < 4.78 is 44.2. The number of nitrogens with zero attached hydrogens (tertiary/aromatic N) is 1. The van der Waals surface area contributed by atoms with Gasteiger partial charge in [0, 0.05) is 25.9 Å². The zero-order chi connectivity index (χ0) is 27.8. The second kappa shape index (κ2) is 17.4. The van der Waals surface area contributed by atoms with Gasteiger partial charge in [0.15, 0.2) is 0 Å². The first-order valence-corrected chi connectivity index (χ1v) is 14.7. The molecular weight excluding hydrogens is 496 g/mol. The Bertz CT molecular complexity index is 933. The van der Waals surface area contributed by atoms with E-state index in [1.54, 1.807) is 17.1 Å². The third kappa shape index (κ3) is 15.0. The van der Waals surface area contributed by atoms with E-state index in [2.05, 4.69) is 5.43 Å². The Labute approximate surface area is 223 Å². The summed E-state index contributed by atoms with van der Waals surface area (Å²) in [6.45, 7) is 11.7. The summed E-state index contributed by atoms with van der Waals surface area (Å²) in [6.07, 6.45) is 5.19. The highest BCUT2D eigenvalue weighted by Crippen LogP contribution is 2.26. The van der Waals surface area contributed by atoms with Gasteiger partial charge in [-0.3, -0.25) is 14.1 Å². The monoisotopic (exact) mass is 542 g/mol. The first-order chi connectivity index (χ1) is 17.4. The van der Waals surface area contributed by atoms with E-state index in [0.717, 1.165) is 24.8 Å². The summed E-state index contributed by atoms with van der Waals surface area (Å²) in [6, 6.07) is 4.78. The molecule has 9 nitrogen and oxygen atoms in total. The Balaban J connectivity index is 2.64. The number of unbranched alkanes of at least 4 members (excludes halogenated alkanes) is 4. The average Bonchev–Trinajstić information content (AvgIpc) is 2.81. The van der Waals surface area contributed by atoms with Gasteiger partial charge in [-0.1, -0.05) is 46.6 Å². The molecule has 0 amide bonds. The van der Waals surface area contributed by atoms with Crippen molar-refractivity contribution in [3.8, 4) is 0 Å². The summed E-state index contributed by atoms with van der Waals surface area (Å²) in [5.41, 5.74) is 4.53. The molecule has 1 rings (SSSR count). The summed E-state index contributed by atoms with van der Waals surface area (Å²) in [5.74, 6) is 0.221. The van der Waals surface area contributed by atoms with Gasteiger partial charge < -0.3 is 14.5 Å². The Morgan fingerprint density at radius 2 is 1.43 bits per heavy atom. The molecule has 10 heteroatoms. The van der Waals surface area contributed by atoms with Gasteiger partial charge in [-0.15, -0.1) is 0 Å². The van der Waals surface area contributed by atoms with Crippen LogP contribution in [0.4, 0.5) is 5.69 Å². The van der Waals surface area contributed by atoms with Crippen molar-refractivity contribution in [3.63, 3.8) is 0 Å². The lowest BCUT2D eigenvalue weighted by Crippen LogP contribution is -2.40. The van der Waals surface area contributed by atoms with Gasteiger partial charge in [0.1, 0.15) is 4.90 Å². The number of hydrazine groups is 1. The Morgan fingerprint density at radius 3 is 1.95 bits per heavy atom. The lowest BCUT2D eigenvalue weighted by Gasteiger charge is -2.27. The minimum absolute atomic E-state index is 0.157. The van der Waals surface area contributed by atoms with Crippen molar-refractivity contribution in [2.75, 3.05) is 31.3 Å². The zero-order valence-electron chi connectivity index (χ0n) is 23.1. The fourth-order valence-electron chi connectivity index (χ4n) is 3.51. The number of aryl methyl sites for hydroxylation is 1. The lowest BCUT2D eigenvalue weighted by atomic mass is 10.1. The first kappa shape index (κ1) is 32.9. The molecule has 1 aromatic carbocycles. The molecule has 0 unspecified atom stereocenters. The van der Waals surface area contributed by atoms with Gasteiger partial charge in [0.2, 0.25) is 0 Å². The van der Waals surface area contributed by atoms with Gasteiger partial charge in [-0.25, -0.2) is 5.43 Å². The number of nitrogens with one attached hydrogen (secondary N) is 1. The van der Waals surface area contributed by atoms with Crippen LogP contribution in [0.1, 0.15) is 84.6 Å². The van der Waals surface area contributed by atoms with Crippen LogP contribution in [-0.2, 0) is 29.2 Å². The van der Waals surface area contributed by atoms with Crippen LogP contribution in [0.2, 0.25) is 0 Å². The van der Waals surface area contributed by atoms with Crippen LogP contribution in [0.5, 0.6) is 0 Å². The van der Waals surface area contributed by atoms with Crippen molar-refractivity contribution < 1.29 is 32.0 Å². The van der Waals surface area contributed by atoms with Gasteiger partial charge in [0.25, 0.3) is 10.1 Å². The fraction of sp³-hybridized carbons (Fsp3) is 0.704. The molecule has 0 heterocycles. The van der Waals surface area contributed by atoms with E-state index in [9.17, 15) is 22.6 Å². The van der Waals surface area contributed by atoms with Gasteiger partial charge in [-0.2, -0.15) is 8.42 Å². The highest BCUT2D eigenvalue weighted by molar-refractivity contribution is 7.86. The quantitative estimate of drug-likeness (QED) is 0.107. The maximum Gasteiger partial charge on any atom is 0.305 e. The molecule has 0 saturated heterocycles. The number of anilines is 1. The number of carbonyl (C=O) groups excluding carboxylic acids is 2. The van der Waals surface area contributed by atoms with Crippen LogP contribution < -0.4 is 10.4 Å². The van der Waals surface area contributed by atoms with Crippen LogP contribution in [0, 0.1) is 18.8 Å². The maximum absolute atomic E-state index is 12.0. The minimum atomic E-state index is -4.41. The molecule has 0 saturated carbocycles. The second-order valence-electron chi connectivity index (χ2n) is 10.3. The maximum atomic E-state index is 12.0. The highest BCUT2D eigenvalue weighted by atomic mass is 32.2. The van der Waals surface area contributed by atoms with E-state index in [0.29, 0.717) is 75.9 Å². The number of esters is 2. The van der Waals surface area contributed by atoms with E-state index in [1.807, 2.05) is 34.6 Å². The molecule has 37 heavy (non-hydrogen) atoms. The van der Waals surface area contributed by atoms with Crippen LogP contribution >= 0.6 is 0 Å². The molecule has 0 aliphatic heterocycles. The SMILES string of the molecule is Cc1ccc(S(=O)(=O)O)c(N(CCCCCC(=O)OCC(C)C)NCCCCCC(=O)OCC(C)C)c1. The number of ether oxygens (including phenoxy) is 2. The zero-order valence-corrected chi connectivity index (χ0v) is 23.9. The topological polar surface area (TPSA) is 122 Å². The van der Waals surface area contributed by atoms with Crippen molar-refractivity contribution in [1.29, 1.82) is 0 Å². The second-order valence-corrected chi connectivity index (χ2v) is 11.7. The van der Waals surface area contributed by atoms with Crippen molar-refractivity contribution in [2.45, 2.75) is 90.9 Å². The molecular formula is C27H46N2O7S. The van der Waals surface area contributed by atoms with Crippen molar-refractivity contribution >= 4 is 27.7 Å². The molecule has 0 atom stereocenters. The Hall–Kier alpha value is -2.17. The molecule has 212 valence electrons. The smallest absolute Gasteiger partial charge is 0.305 e. The van der Waals surface area contributed by atoms with Gasteiger partial charge in [0.05, 0.1) is 18.9 Å². The standard InChI is InChI=1S/C27H46N2O7S/c1-21(2)19-35-26(30)12-8-6-10-16-28-29(17-11-7-9-13-27(31)36-20-22(3)4)24-18-23(5)14-15-25(24)37(32,33)34/h14-15,18,21-22,28H,6-13,16-17,19-20H2,1-5H3,(H,32,33,34). The van der Waals surface area contributed by atoms with E-state index < -0.39 is 10.1 Å². The van der Waals surface area contributed by atoms with E-state index >= 15 is 0 Å². The van der Waals surface area contributed by atoms with Crippen LogP contribution in [-0.4, -0.2) is 51.2 Å². The summed E-state index contributed by atoms with van der Waals surface area (Å²) in [5, 5.41) is 1.75. The number of rotatable bonds is 19. The molecule has 0 aromatic heterocycles. The number of benzene rings is 1. The molecule has 0 aliphatic rings. The molecule has 0 fully saturated rings. The number of hydrogen-bond acceptors (Lipinski definition) is 8. The van der Waals surface area contributed by atoms with E-state index in [4.69, 9.17) is 9.47 Å². The van der Waals surface area contributed by atoms with Crippen LogP contribution in [0.3, 0.4) is 0 Å². The first-order valence-electron chi connectivity index (χ1n) is 13.3. The molecule has 1 aromatic rings. The highest BCUT2D eigenvalue weighted by Gasteiger charge is 2.20. The van der Waals surface area contributed by atoms with E-state index in [-0.39, 0.29) is 16.8 Å². The summed E-state index contributed by atoms with van der Waals surface area (Å²) >= 11 is 0. The molecule has 0 spiro atoms. The number of hydrogen-bond donors (Lipinski definition) is 2. The third-order valence-corrected chi connectivity index (χ3v) is 6.36. The summed E-state index contributed by atoms with van der Waals surface area (Å²) in [4.78, 5) is 23.4. The van der Waals surface area contributed by atoms with Gasteiger partial charge in [-0.05, 0) is 62.1 Å². The van der Waals surface area contributed by atoms with Crippen molar-refractivity contribution in [2.24, 2.45) is 11.8 Å². The molecule has 0 radical (unpaired) electrons.